The molecule has 1 aliphatic heterocycles. The highest BCUT2D eigenvalue weighted by molar-refractivity contribution is 6.45. The summed E-state index contributed by atoms with van der Waals surface area (Å²) < 4.78 is 0. The predicted octanol–water partition coefficient (Wildman–Crippen LogP) is 4.57. The number of amides is 1. The fraction of sp³-hybridized carbons (Fsp3) is 0.200. The number of hydrogen-bond acceptors (Lipinski definition) is 2. The fourth-order valence-corrected chi connectivity index (χ4v) is 2.80. The van der Waals surface area contributed by atoms with Gasteiger partial charge in [0.15, 0.2) is 0 Å². The molecule has 0 N–H and O–H groups in total. The Morgan fingerprint density at radius 3 is 2.38 bits per heavy atom. The molecule has 0 saturated heterocycles. The molecule has 1 heterocycles. The third-order valence-corrected chi connectivity index (χ3v) is 4.26. The van der Waals surface area contributed by atoms with Gasteiger partial charge >= 0.3 is 0 Å². The second kappa shape index (κ2) is 6.62. The van der Waals surface area contributed by atoms with Crippen molar-refractivity contribution < 1.29 is 4.79 Å². The van der Waals surface area contributed by atoms with E-state index in [1.165, 1.54) is 0 Å². The van der Waals surface area contributed by atoms with Gasteiger partial charge in [-0.05, 0) is 43.2 Å². The Bertz CT molecular complexity index is 792. The summed E-state index contributed by atoms with van der Waals surface area (Å²) in [6.45, 7) is 4.46. The second-order valence-corrected chi connectivity index (χ2v) is 6.69. The van der Waals surface area contributed by atoms with Gasteiger partial charge in [-0.1, -0.05) is 60.1 Å². The van der Waals surface area contributed by atoms with Gasteiger partial charge < -0.3 is 4.90 Å². The monoisotopic (exact) mass is 338 g/mol. The van der Waals surface area contributed by atoms with Gasteiger partial charge in [-0.15, -0.1) is 0 Å². The van der Waals surface area contributed by atoms with Gasteiger partial charge in [0.1, 0.15) is 11.4 Å². The Hall–Kier alpha value is -2.39. The van der Waals surface area contributed by atoms with Crippen LogP contribution in [-0.2, 0) is 11.3 Å². The Labute approximate surface area is 147 Å². The van der Waals surface area contributed by atoms with Crippen molar-refractivity contribution in [3.8, 4) is 0 Å². The maximum atomic E-state index is 12.7. The van der Waals surface area contributed by atoms with Crippen LogP contribution in [-0.4, -0.2) is 22.2 Å². The number of carbonyl (C=O) groups is 1. The molecule has 2 aromatic rings. The minimum Gasteiger partial charge on any atom is -0.309 e. The highest BCUT2D eigenvalue weighted by Crippen LogP contribution is 2.26. The number of carbonyl (C=O) groups excluding carboxylic acids is 1. The lowest BCUT2D eigenvalue weighted by Crippen LogP contribution is -2.41. The standard InChI is InChI=1S/C20H19ClN2O/c1-20(2)22-18(13-10-15-8-11-17(21)12-9-15)19(24)23(20)14-16-6-4-3-5-7-16/h3-13H,14H2,1-2H3/b13-10+. The average Bonchev–Trinajstić information content (AvgIpc) is 2.78. The summed E-state index contributed by atoms with van der Waals surface area (Å²) in [6.07, 6.45) is 3.66. The quantitative estimate of drug-likeness (QED) is 0.803. The molecule has 2 aromatic carbocycles. The molecule has 0 unspecified atom stereocenters. The average molecular weight is 339 g/mol. The van der Waals surface area contributed by atoms with E-state index in [1.807, 2.05) is 74.5 Å². The lowest BCUT2D eigenvalue weighted by molar-refractivity contribution is -0.127. The van der Waals surface area contributed by atoms with Crippen molar-refractivity contribution in [3.63, 3.8) is 0 Å². The maximum absolute atomic E-state index is 12.7. The predicted molar refractivity (Wildman–Crippen MR) is 99.0 cm³/mol. The molecule has 0 saturated carbocycles. The molecule has 0 fully saturated rings. The zero-order valence-corrected chi connectivity index (χ0v) is 14.5. The van der Waals surface area contributed by atoms with E-state index in [9.17, 15) is 4.79 Å². The zero-order valence-electron chi connectivity index (χ0n) is 13.7. The number of rotatable bonds is 4. The van der Waals surface area contributed by atoms with Crippen LogP contribution in [0.25, 0.3) is 6.08 Å². The third kappa shape index (κ3) is 3.57. The Morgan fingerprint density at radius 2 is 1.71 bits per heavy atom. The van der Waals surface area contributed by atoms with Crippen molar-refractivity contribution >= 4 is 29.3 Å². The summed E-state index contributed by atoms with van der Waals surface area (Å²) in [5.41, 5.74) is 2.00. The topological polar surface area (TPSA) is 32.7 Å². The van der Waals surface area contributed by atoms with Crippen LogP contribution in [0.5, 0.6) is 0 Å². The van der Waals surface area contributed by atoms with E-state index in [0.717, 1.165) is 11.1 Å². The number of aliphatic imine (C=N–C) groups is 1. The zero-order chi connectivity index (χ0) is 17.2. The molecular weight excluding hydrogens is 320 g/mol. The van der Waals surface area contributed by atoms with Crippen molar-refractivity contribution in [1.82, 2.24) is 4.90 Å². The van der Waals surface area contributed by atoms with Crippen LogP contribution in [0.2, 0.25) is 5.02 Å². The Balaban J connectivity index is 1.78. The van der Waals surface area contributed by atoms with Gasteiger partial charge in [-0.2, -0.15) is 0 Å². The number of halogens is 1. The number of nitrogens with zero attached hydrogens (tertiary/aromatic N) is 2. The molecule has 3 rings (SSSR count). The normalized spacial score (nSPS) is 16.7. The fourth-order valence-electron chi connectivity index (χ4n) is 2.68. The SMILES string of the molecule is CC1(C)N=C(/C=C/c2ccc(Cl)cc2)C(=O)N1Cc1ccccc1. The molecule has 0 atom stereocenters. The molecule has 122 valence electrons. The van der Waals surface area contributed by atoms with Crippen LogP contribution in [0.3, 0.4) is 0 Å². The van der Waals surface area contributed by atoms with Gasteiger partial charge in [0.2, 0.25) is 0 Å². The number of benzene rings is 2. The first kappa shape index (κ1) is 16.5. The molecule has 1 amide bonds. The molecule has 0 aliphatic carbocycles. The molecule has 1 aliphatic rings. The van der Waals surface area contributed by atoms with E-state index >= 15 is 0 Å². The first-order chi connectivity index (χ1) is 11.5. The molecule has 3 nitrogen and oxygen atoms in total. The second-order valence-electron chi connectivity index (χ2n) is 6.25. The van der Waals surface area contributed by atoms with E-state index in [0.29, 0.717) is 17.3 Å². The van der Waals surface area contributed by atoms with Crippen molar-refractivity contribution in [3.05, 3.63) is 76.8 Å². The van der Waals surface area contributed by atoms with Gasteiger partial charge in [0.25, 0.3) is 5.91 Å². The molecule has 24 heavy (non-hydrogen) atoms. The van der Waals surface area contributed by atoms with Crippen LogP contribution < -0.4 is 0 Å². The largest absolute Gasteiger partial charge is 0.309 e. The van der Waals surface area contributed by atoms with Crippen LogP contribution in [0.4, 0.5) is 0 Å². The molecule has 0 bridgehead atoms. The van der Waals surface area contributed by atoms with Crippen molar-refractivity contribution in [2.45, 2.75) is 26.1 Å². The van der Waals surface area contributed by atoms with Crippen molar-refractivity contribution in [2.24, 2.45) is 4.99 Å². The Morgan fingerprint density at radius 1 is 1.04 bits per heavy atom. The van der Waals surface area contributed by atoms with Crippen LogP contribution in [0.1, 0.15) is 25.0 Å². The number of hydrogen-bond donors (Lipinski definition) is 0. The molecule has 4 heteroatoms. The lowest BCUT2D eigenvalue weighted by Gasteiger charge is -2.29. The van der Waals surface area contributed by atoms with E-state index in [1.54, 1.807) is 11.0 Å². The van der Waals surface area contributed by atoms with E-state index < -0.39 is 5.66 Å². The smallest absolute Gasteiger partial charge is 0.274 e. The molecule has 0 aromatic heterocycles. The summed E-state index contributed by atoms with van der Waals surface area (Å²) in [5, 5.41) is 0.691. The first-order valence-electron chi connectivity index (χ1n) is 7.85. The van der Waals surface area contributed by atoms with E-state index in [-0.39, 0.29) is 5.91 Å². The first-order valence-corrected chi connectivity index (χ1v) is 8.23. The van der Waals surface area contributed by atoms with E-state index in [2.05, 4.69) is 4.99 Å². The van der Waals surface area contributed by atoms with Crippen LogP contribution >= 0.6 is 11.6 Å². The molecule has 0 spiro atoms. The Kier molecular flexibility index (Phi) is 4.54. The summed E-state index contributed by atoms with van der Waals surface area (Å²) in [7, 11) is 0. The minimum atomic E-state index is -0.549. The van der Waals surface area contributed by atoms with Crippen molar-refractivity contribution in [1.29, 1.82) is 0 Å². The van der Waals surface area contributed by atoms with Gasteiger partial charge in [0.05, 0.1) is 0 Å². The summed E-state index contributed by atoms with van der Waals surface area (Å²) in [6, 6.07) is 17.4. The minimum absolute atomic E-state index is 0.0472. The van der Waals surface area contributed by atoms with Gasteiger partial charge in [-0.25, -0.2) is 0 Å². The summed E-state index contributed by atoms with van der Waals surface area (Å²) >= 11 is 5.89. The highest BCUT2D eigenvalue weighted by atomic mass is 35.5. The highest BCUT2D eigenvalue weighted by Gasteiger charge is 2.38. The van der Waals surface area contributed by atoms with Crippen molar-refractivity contribution in [2.75, 3.05) is 0 Å². The van der Waals surface area contributed by atoms with Crippen LogP contribution in [0, 0.1) is 0 Å². The third-order valence-electron chi connectivity index (χ3n) is 4.01. The van der Waals surface area contributed by atoms with Crippen LogP contribution in [0.15, 0.2) is 65.7 Å². The molecular formula is C20H19ClN2O. The molecule has 0 radical (unpaired) electrons. The lowest BCUT2D eigenvalue weighted by atomic mass is 10.1. The summed E-state index contributed by atoms with van der Waals surface area (Å²) in [5.74, 6) is -0.0472. The maximum Gasteiger partial charge on any atom is 0.274 e. The van der Waals surface area contributed by atoms with E-state index in [4.69, 9.17) is 11.6 Å². The summed E-state index contributed by atoms with van der Waals surface area (Å²) in [4.78, 5) is 19.1. The van der Waals surface area contributed by atoms with Gasteiger partial charge in [-0.3, -0.25) is 9.79 Å². The van der Waals surface area contributed by atoms with Gasteiger partial charge in [0, 0.05) is 11.6 Å².